The van der Waals surface area contributed by atoms with Crippen LogP contribution in [0.5, 0.6) is 0 Å². The number of aliphatic hydroxyl groups excluding tert-OH is 1. The van der Waals surface area contributed by atoms with Gasteiger partial charge in [0.2, 0.25) is 0 Å². The van der Waals surface area contributed by atoms with Gasteiger partial charge in [-0.2, -0.15) is 0 Å². The van der Waals surface area contributed by atoms with Crippen molar-refractivity contribution in [2.24, 2.45) is 11.8 Å². The maximum atomic E-state index is 13.2. The van der Waals surface area contributed by atoms with Gasteiger partial charge in [-0.15, -0.1) is 0 Å². The molecule has 0 amide bonds. The molecule has 0 heterocycles. The average molecular weight is 1550 g/mol. The molecule has 0 aliphatic carbocycles. The van der Waals surface area contributed by atoms with Crippen LogP contribution in [-0.4, -0.2) is 96.7 Å². The normalized spacial score (nSPS) is 14.1. The second-order valence-corrected chi connectivity index (χ2v) is 34.9. The Hall–Kier alpha value is -1.94. The van der Waals surface area contributed by atoms with Crippen molar-refractivity contribution in [1.29, 1.82) is 0 Å². The highest BCUT2D eigenvalue weighted by atomic mass is 31.2. The molecule has 3 unspecified atom stereocenters. The fraction of sp³-hybridized carbons (Fsp3) is 0.954. The lowest BCUT2D eigenvalue weighted by molar-refractivity contribution is -0.161. The van der Waals surface area contributed by atoms with E-state index in [0.29, 0.717) is 25.7 Å². The third-order valence-electron chi connectivity index (χ3n) is 20.8. The number of hydrogen-bond donors (Lipinski definition) is 3. The standard InChI is InChI=1S/C87H170O17P2/c1-7-10-12-14-16-18-20-31-39-45-51-57-63-69-84(89)97-75-82(103-86(91)71-65-59-53-47-41-32-21-19-17-15-13-11-8-2)77-101-105(93,94)99-73-81(88)74-100-106(95,96)102-78-83(76-98-85(90)70-64-58-52-46-40-35-30-26-27-33-37-43-49-55-61-67-79(4)5)104-87(92)72-66-60-54-48-42-36-29-25-23-22-24-28-34-38-44-50-56-62-68-80(6)9-3/h79-83,88H,7-78H2,1-6H3,(H,93,94)(H,95,96)/t80?,81-,82+,83+/m0/s1. The molecule has 0 saturated heterocycles. The predicted molar refractivity (Wildman–Crippen MR) is 437 cm³/mol. The SMILES string of the molecule is CCCCCCCCCCCCCCCC(=O)OC[C@H](COP(=O)(O)OC[C@H](O)COP(=O)(O)OC[C@@H](COC(=O)CCCCCCCCCCCCCCCCCC(C)C)OC(=O)CCCCCCCCCCCCCCCCCCCCC(C)CC)OC(=O)CCCCCCCCCCCCCCC. The number of phosphoric ester groups is 2. The van der Waals surface area contributed by atoms with E-state index in [1.165, 1.54) is 283 Å². The quantitative estimate of drug-likeness (QED) is 0.0222. The lowest BCUT2D eigenvalue weighted by Crippen LogP contribution is -2.30. The number of hydrogen-bond acceptors (Lipinski definition) is 15. The lowest BCUT2D eigenvalue weighted by Gasteiger charge is -2.21. The molecule has 0 aromatic heterocycles. The molecule has 0 aromatic carbocycles. The lowest BCUT2D eigenvalue weighted by atomic mass is 9.99. The highest BCUT2D eigenvalue weighted by Gasteiger charge is 2.30. The Morgan fingerprint density at radius 3 is 0.717 bits per heavy atom. The van der Waals surface area contributed by atoms with E-state index in [4.69, 9.17) is 37.0 Å². The number of unbranched alkanes of at least 4 members (excludes halogenated alkanes) is 55. The van der Waals surface area contributed by atoms with Crippen LogP contribution in [-0.2, 0) is 65.4 Å². The Labute approximate surface area is 651 Å². The summed E-state index contributed by atoms with van der Waals surface area (Å²) in [4.78, 5) is 73.3. The minimum Gasteiger partial charge on any atom is -0.462 e. The van der Waals surface area contributed by atoms with Gasteiger partial charge in [-0.1, -0.05) is 414 Å². The van der Waals surface area contributed by atoms with Crippen molar-refractivity contribution in [3.63, 3.8) is 0 Å². The first-order valence-corrected chi connectivity index (χ1v) is 48.0. The van der Waals surface area contributed by atoms with E-state index in [1.54, 1.807) is 0 Å². The van der Waals surface area contributed by atoms with Crippen LogP contribution >= 0.6 is 15.6 Å². The number of aliphatic hydroxyl groups is 1. The van der Waals surface area contributed by atoms with E-state index in [9.17, 15) is 43.2 Å². The summed E-state index contributed by atoms with van der Waals surface area (Å²) in [5.74, 6) is -0.421. The molecule has 3 N–H and O–H groups in total. The monoisotopic (exact) mass is 1550 g/mol. The number of carbonyl (C=O) groups is 4. The Balaban J connectivity index is 5.24. The molecule has 17 nitrogen and oxygen atoms in total. The topological polar surface area (TPSA) is 237 Å². The van der Waals surface area contributed by atoms with E-state index < -0.39 is 97.5 Å². The van der Waals surface area contributed by atoms with Crippen LogP contribution in [0.25, 0.3) is 0 Å². The van der Waals surface area contributed by atoms with E-state index in [1.807, 2.05) is 0 Å². The van der Waals surface area contributed by atoms with E-state index in [-0.39, 0.29) is 25.7 Å². The Morgan fingerprint density at radius 2 is 0.481 bits per heavy atom. The number of phosphoric acid groups is 2. The summed E-state index contributed by atoms with van der Waals surface area (Å²) in [5.41, 5.74) is 0. The summed E-state index contributed by atoms with van der Waals surface area (Å²) in [7, 11) is -9.93. The van der Waals surface area contributed by atoms with Crippen LogP contribution in [0.1, 0.15) is 465 Å². The number of esters is 4. The summed E-state index contributed by atoms with van der Waals surface area (Å²) >= 11 is 0. The number of ether oxygens (including phenoxy) is 4. The van der Waals surface area contributed by atoms with Crippen molar-refractivity contribution >= 4 is 39.5 Å². The molecule has 0 bridgehead atoms. The van der Waals surface area contributed by atoms with Crippen LogP contribution in [0.15, 0.2) is 0 Å². The predicted octanol–water partition coefficient (Wildman–Crippen LogP) is 26.6. The zero-order valence-electron chi connectivity index (χ0n) is 69.7. The highest BCUT2D eigenvalue weighted by molar-refractivity contribution is 7.47. The molecular formula is C87H170O17P2. The van der Waals surface area contributed by atoms with Crippen molar-refractivity contribution < 1.29 is 80.2 Å². The highest BCUT2D eigenvalue weighted by Crippen LogP contribution is 2.45. The molecule has 0 aliphatic heterocycles. The van der Waals surface area contributed by atoms with Crippen molar-refractivity contribution in [3.05, 3.63) is 0 Å². The summed E-state index contributed by atoms with van der Waals surface area (Å²) < 4.78 is 68.9. The van der Waals surface area contributed by atoms with Gasteiger partial charge in [0.15, 0.2) is 12.2 Å². The molecule has 630 valence electrons. The van der Waals surface area contributed by atoms with Crippen molar-refractivity contribution in [2.45, 2.75) is 484 Å². The smallest absolute Gasteiger partial charge is 0.462 e. The van der Waals surface area contributed by atoms with Gasteiger partial charge in [-0.05, 0) is 37.5 Å². The minimum atomic E-state index is -4.97. The summed E-state index contributed by atoms with van der Waals surface area (Å²) in [6, 6.07) is 0. The van der Waals surface area contributed by atoms with Crippen LogP contribution in [0.4, 0.5) is 0 Å². The molecule has 0 aliphatic rings. The molecule has 0 spiro atoms. The van der Waals surface area contributed by atoms with Gasteiger partial charge in [0.05, 0.1) is 26.4 Å². The fourth-order valence-electron chi connectivity index (χ4n) is 13.6. The zero-order valence-corrected chi connectivity index (χ0v) is 71.5. The summed E-state index contributed by atoms with van der Waals surface area (Å²) in [6.07, 6.45) is 70.6. The van der Waals surface area contributed by atoms with E-state index >= 15 is 0 Å². The Morgan fingerprint density at radius 1 is 0.274 bits per heavy atom. The maximum Gasteiger partial charge on any atom is 0.472 e. The van der Waals surface area contributed by atoms with Gasteiger partial charge in [0.25, 0.3) is 0 Å². The first-order chi connectivity index (χ1) is 51.4. The molecule has 19 heteroatoms. The van der Waals surface area contributed by atoms with Crippen LogP contribution < -0.4 is 0 Å². The third kappa shape index (κ3) is 78.7. The molecule has 0 radical (unpaired) electrons. The van der Waals surface area contributed by atoms with Gasteiger partial charge >= 0.3 is 39.5 Å². The molecular weight excluding hydrogens is 1380 g/mol. The molecule has 6 atom stereocenters. The molecule has 0 fully saturated rings. The van der Waals surface area contributed by atoms with Crippen molar-refractivity contribution in [2.75, 3.05) is 39.6 Å². The molecule has 0 aromatic rings. The molecule has 0 saturated carbocycles. The first-order valence-electron chi connectivity index (χ1n) is 45.0. The number of rotatable bonds is 86. The maximum absolute atomic E-state index is 13.2. The summed E-state index contributed by atoms with van der Waals surface area (Å²) in [6.45, 7) is 9.78. The van der Waals surface area contributed by atoms with E-state index in [2.05, 4.69) is 41.5 Å². The minimum absolute atomic E-state index is 0.108. The largest absolute Gasteiger partial charge is 0.472 e. The van der Waals surface area contributed by atoms with Gasteiger partial charge < -0.3 is 33.8 Å². The van der Waals surface area contributed by atoms with Crippen molar-refractivity contribution in [3.8, 4) is 0 Å². The van der Waals surface area contributed by atoms with Crippen molar-refractivity contribution in [1.82, 2.24) is 0 Å². The number of carbonyl (C=O) groups excluding carboxylic acids is 4. The molecule has 106 heavy (non-hydrogen) atoms. The van der Waals surface area contributed by atoms with Crippen LogP contribution in [0.2, 0.25) is 0 Å². The Bertz CT molecular complexity index is 2030. The van der Waals surface area contributed by atoms with Crippen LogP contribution in [0.3, 0.4) is 0 Å². The summed E-state index contributed by atoms with van der Waals surface area (Å²) in [5, 5.41) is 10.7. The first kappa shape index (κ1) is 104. The second-order valence-electron chi connectivity index (χ2n) is 32.0. The van der Waals surface area contributed by atoms with E-state index in [0.717, 1.165) is 102 Å². The zero-order chi connectivity index (χ0) is 77.8. The third-order valence-corrected chi connectivity index (χ3v) is 22.7. The molecule has 0 rings (SSSR count). The Kier molecular flexibility index (Phi) is 76.9. The van der Waals surface area contributed by atoms with Gasteiger partial charge in [0, 0.05) is 25.7 Å². The van der Waals surface area contributed by atoms with Crippen LogP contribution in [0, 0.1) is 11.8 Å². The van der Waals surface area contributed by atoms with Gasteiger partial charge in [0.1, 0.15) is 19.3 Å². The second kappa shape index (κ2) is 78.3. The average Bonchev–Trinajstić information content (AvgIpc) is 0.900. The van der Waals surface area contributed by atoms with Gasteiger partial charge in [-0.3, -0.25) is 37.3 Å². The van der Waals surface area contributed by atoms with Gasteiger partial charge in [-0.25, -0.2) is 9.13 Å². The fourth-order valence-corrected chi connectivity index (χ4v) is 15.1.